The number of carbonyl (C=O) groups is 2. The predicted octanol–water partition coefficient (Wildman–Crippen LogP) is 2.00. The van der Waals surface area contributed by atoms with E-state index < -0.39 is 5.97 Å². The van der Waals surface area contributed by atoms with E-state index >= 15 is 0 Å². The summed E-state index contributed by atoms with van der Waals surface area (Å²) in [4.78, 5) is 37.8. The summed E-state index contributed by atoms with van der Waals surface area (Å²) in [7, 11) is 0. The van der Waals surface area contributed by atoms with Gasteiger partial charge in [-0.05, 0) is 18.8 Å². The molecule has 8 nitrogen and oxygen atoms in total. The second kappa shape index (κ2) is 5.89. The van der Waals surface area contributed by atoms with Gasteiger partial charge in [0.05, 0.1) is 18.4 Å². The first-order valence-corrected chi connectivity index (χ1v) is 8.74. The molecule has 1 saturated heterocycles. The van der Waals surface area contributed by atoms with Crippen LogP contribution in [0.3, 0.4) is 0 Å². The normalized spacial score (nSPS) is 21.3. The minimum Gasteiger partial charge on any atom is -0.476 e. The van der Waals surface area contributed by atoms with Crippen LogP contribution >= 0.6 is 0 Å². The predicted molar refractivity (Wildman–Crippen MR) is 91.5 cm³/mol. The van der Waals surface area contributed by atoms with E-state index in [9.17, 15) is 9.59 Å². The van der Waals surface area contributed by atoms with Gasteiger partial charge in [-0.2, -0.15) is 0 Å². The molecule has 0 aromatic carbocycles. The van der Waals surface area contributed by atoms with Crippen molar-refractivity contribution in [1.82, 2.24) is 24.4 Å². The van der Waals surface area contributed by atoms with Crippen molar-refractivity contribution >= 4 is 11.9 Å². The highest BCUT2D eigenvalue weighted by atomic mass is 16.4. The van der Waals surface area contributed by atoms with Crippen LogP contribution in [0.1, 0.15) is 59.5 Å². The van der Waals surface area contributed by atoms with Crippen molar-refractivity contribution in [2.45, 2.75) is 39.3 Å². The fraction of sp³-hybridized carbons (Fsp3) is 0.500. The maximum atomic E-state index is 12.9. The lowest BCUT2D eigenvalue weighted by molar-refractivity contribution is -0.0383. The van der Waals surface area contributed by atoms with E-state index in [1.165, 1.54) is 19.0 Å². The third-order valence-corrected chi connectivity index (χ3v) is 5.12. The fourth-order valence-electron chi connectivity index (χ4n) is 3.60. The molecule has 136 valence electrons. The number of carbonyl (C=O) groups excluding carboxylic acids is 1. The van der Waals surface area contributed by atoms with Crippen molar-refractivity contribution in [3.63, 3.8) is 0 Å². The summed E-state index contributed by atoms with van der Waals surface area (Å²) in [6.45, 7) is 5.78. The SMILES string of the molecule is CC1(C)CN(C(=O)c2cnc(C(=O)O)cn2)C1c1nccn1CC1CC1. The Hall–Kier alpha value is -2.77. The molecule has 1 saturated carbocycles. The highest BCUT2D eigenvalue weighted by Gasteiger charge is 2.51. The van der Waals surface area contributed by atoms with Gasteiger partial charge >= 0.3 is 5.97 Å². The number of carboxylic acid groups (broad SMARTS) is 1. The zero-order chi connectivity index (χ0) is 18.5. The average molecular weight is 355 g/mol. The highest BCUT2D eigenvalue weighted by Crippen LogP contribution is 2.48. The molecule has 1 unspecified atom stereocenters. The Balaban J connectivity index is 1.59. The molecule has 2 aromatic rings. The van der Waals surface area contributed by atoms with Crippen molar-refractivity contribution in [2.24, 2.45) is 11.3 Å². The lowest BCUT2D eigenvalue weighted by atomic mass is 9.74. The molecule has 0 spiro atoms. The molecule has 26 heavy (non-hydrogen) atoms. The van der Waals surface area contributed by atoms with Gasteiger partial charge < -0.3 is 14.6 Å². The van der Waals surface area contributed by atoms with Gasteiger partial charge in [0.2, 0.25) is 0 Å². The lowest BCUT2D eigenvalue weighted by Gasteiger charge is -2.53. The number of hydrogen-bond acceptors (Lipinski definition) is 5. The molecule has 2 fully saturated rings. The van der Waals surface area contributed by atoms with E-state index in [1.54, 1.807) is 11.1 Å². The summed E-state index contributed by atoms with van der Waals surface area (Å²) in [5.74, 6) is 0.197. The Morgan fingerprint density at radius 3 is 2.46 bits per heavy atom. The number of rotatable bonds is 5. The Kier molecular flexibility index (Phi) is 3.78. The standard InChI is InChI=1S/C18H21N5O3/c1-18(2)10-23(16(24)12-7-21-13(8-20-12)17(25)26)14(18)15-19-5-6-22(15)9-11-3-4-11/h5-8,11,14H,3-4,9-10H2,1-2H3,(H,25,26). The van der Waals surface area contributed by atoms with Crippen LogP contribution in [0.15, 0.2) is 24.8 Å². The molecule has 8 heteroatoms. The summed E-state index contributed by atoms with van der Waals surface area (Å²) in [6, 6.07) is -0.135. The summed E-state index contributed by atoms with van der Waals surface area (Å²) in [5, 5.41) is 8.92. The number of aromatic carboxylic acids is 1. The van der Waals surface area contributed by atoms with Crippen LogP contribution in [0.4, 0.5) is 0 Å². The van der Waals surface area contributed by atoms with Crippen LogP contribution in [0, 0.1) is 11.3 Å². The number of hydrogen-bond donors (Lipinski definition) is 1. The number of likely N-dealkylation sites (tertiary alicyclic amines) is 1. The zero-order valence-electron chi connectivity index (χ0n) is 14.8. The Bertz CT molecular complexity index is 854. The molecule has 4 rings (SSSR count). The topological polar surface area (TPSA) is 101 Å². The summed E-state index contributed by atoms with van der Waals surface area (Å²) < 4.78 is 2.16. The van der Waals surface area contributed by atoms with E-state index in [2.05, 4.69) is 33.4 Å². The van der Waals surface area contributed by atoms with Gasteiger partial charge in [0.25, 0.3) is 5.91 Å². The van der Waals surface area contributed by atoms with Crippen LogP contribution in [-0.4, -0.2) is 47.9 Å². The molecular formula is C18H21N5O3. The Labute approximate surface area is 150 Å². The number of aromatic nitrogens is 4. The number of nitrogens with zero attached hydrogens (tertiary/aromatic N) is 5. The lowest BCUT2D eigenvalue weighted by Crippen LogP contribution is -2.58. The van der Waals surface area contributed by atoms with Gasteiger partial charge in [-0.1, -0.05) is 13.8 Å². The molecule has 1 aliphatic carbocycles. The summed E-state index contributed by atoms with van der Waals surface area (Å²) in [6.07, 6.45) is 8.61. The Morgan fingerprint density at radius 2 is 1.88 bits per heavy atom. The largest absolute Gasteiger partial charge is 0.476 e. The van der Waals surface area contributed by atoms with Gasteiger partial charge in [-0.3, -0.25) is 4.79 Å². The first-order chi connectivity index (χ1) is 12.4. The third-order valence-electron chi connectivity index (χ3n) is 5.12. The van der Waals surface area contributed by atoms with Gasteiger partial charge in [0.1, 0.15) is 11.5 Å². The van der Waals surface area contributed by atoms with Crippen LogP contribution < -0.4 is 0 Å². The highest BCUT2D eigenvalue weighted by molar-refractivity contribution is 5.93. The summed E-state index contributed by atoms with van der Waals surface area (Å²) in [5.41, 5.74) is -0.116. The molecular weight excluding hydrogens is 334 g/mol. The molecule has 1 amide bonds. The van der Waals surface area contributed by atoms with Crippen molar-refractivity contribution in [1.29, 1.82) is 0 Å². The molecule has 1 N–H and O–H groups in total. The summed E-state index contributed by atoms with van der Waals surface area (Å²) >= 11 is 0. The van der Waals surface area contributed by atoms with Gasteiger partial charge in [-0.15, -0.1) is 0 Å². The molecule has 1 atom stereocenters. The number of amides is 1. The Morgan fingerprint density at radius 1 is 1.19 bits per heavy atom. The van der Waals surface area contributed by atoms with Crippen LogP contribution in [0.25, 0.3) is 0 Å². The quantitative estimate of drug-likeness (QED) is 0.880. The zero-order valence-corrected chi connectivity index (χ0v) is 14.8. The number of imidazole rings is 1. The van der Waals surface area contributed by atoms with Crippen molar-refractivity contribution in [3.05, 3.63) is 42.0 Å². The van der Waals surface area contributed by atoms with Crippen molar-refractivity contribution in [2.75, 3.05) is 6.54 Å². The fourth-order valence-corrected chi connectivity index (χ4v) is 3.60. The minimum atomic E-state index is -1.17. The van der Waals surface area contributed by atoms with Gasteiger partial charge in [0, 0.05) is 30.9 Å². The second-order valence-corrected chi connectivity index (χ2v) is 7.80. The third kappa shape index (κ3) is 2.85. The van der Waals surface area contributed by atoms with Gasteiger partial charge in [0.15, 0.2) is 5.69 Å². The molecule has 2 aromatic heterocycles. The van der Waals surface area contributed by atoms with Crippen LogP contribution in [0.2, 0.25) is 0 Å². The molecule has 0 bridgehead atoms. The van der Waals surface area contributed by atoms with Gasteiger partial charge in [-0.25, -0.2) is 19.7 Å². The first-order valence-electron chi connectivity index (χ1n) is 8.74. The van der Waals surface area contributed by atoms with E-state index in [1.807, 2.05) is 6.20 Å². The van der Waals surface area contributed by atoms with E-state index in [0.717, 1.165) is 18.6 Å². The molecule has 3 heterocycles. The maximum absolute atomic E-state index is 12.9. The van der Waals surface area contributed by atoms with E-state index in [4.69, 9.17) is 5.11 Å². The van der Waals surface area contributed by atoms with E-state index in [-0.39, 0.29) is 28.8 Å². The maximum Gasteiger partial charge on any atom is 0.356 e. The molecule has 1 aliphatic heterocycles. The smallest absolute Gasteiger partial charge is 0.356 e. The van der Waals surface area contributed by atoms with Crippen molar-refractivity contribution < 1.29 is 14.7 Å². The van der Waals surface area contributed by atoms with Crippen LogP contribution in [0.5, 0.6) is 0 Å². The minimum absolute atomic E-state index is 0.0866. The number of carboxylic acids is 1. The molecule has 2 aliphatic rings. The first kappa shape index (κ1) is 16.7. The monoisotopic (exact) mass is 355 g/mol. The molecule has 0 radical (unpaired) electrons. The van der Waals surface area contributed by atoms with Crippen LogP contribution in [-0.2, 0) is 6.54 Å². The van der Waals surface area contributed by atoms with Crippen molar-refractivity contribution in [3.8, 4) is 0 Å². The average Bonchev–Trinajstić information content (AvgIpc) is 3.31. The second-order valence-electron chi connectivity index (χ2n) is 7.80. The van der Waals surface area contributed by atoms with E-state index in [0.29, 0.717) is 12.5 Å².